The SMILES string of the molecule is Cc1nc(C(C)(C)C)sc1-c1n[nH]c(=S)o1. The molecule has 0 fully saturated rings. The van der Waals surface area contributed by atoms with Gasteiger partial charge in [-0.2, -0.15) is 0 Å². The van der Waals surface area contributed by atoms with E-state index in [0.29, 0.717) is 10.7 Å². The van der Waals surface area contributed by atoms with Crippen LogP contribution in [0, 0.1) is 11.8 Å². The zero-order valence-electron chi connectivity index (χ0n) is 9.62. The van der Waals surface area contributed by atoms with E-state index in [2.05, 4.69) is 36.0 Å². The number of thiazole rings is 1. The quantitative estimate of drug-likeness (QED) is 0.793. The first-order valence-corrected chi connectivity index (χ1v) is 6.14. The van der Waals surface area contributed by atoms with E-state index in [1.807, 2.05) is 6.92 Å². The first-order valence-electron chi connectivity index (χ1n) is 4.92. The Kier molecular flexibility index (Phi) is 2.71. The topological polar surface area (TPSA) is 54.7 Å². The van der Waals surface area contributed by atoms with Crippen LogP contribution < -0.4 is 0 Å². The van der Waals surface area contributed by atoms with Gasteiger partial charge >= 0.3 is 0 Å². The second kappa shape index (κ2) is 3.78. The molecule has 2 aromatic rings. The Morgan fingerprint density at radius 1 is 1.38 bits per heavy atom. The highest BCUT2D eigenvalue weighted by Gasteiger charge is 2.22. The van der Waals surface area contributed by atoms with E-state index < -0.39 is 0 Å². The Balaban J connectivity index is 2.51. The summed E-state index contributed by atoms with van der Waals surface area (Å²) >= 11 is 6.46. The van der Waals surface area contributed by atoms with Crippen molar-refractivity contribution in [1.29, 1.82) is 0 Å². The molecule has 0 bridgehead atoms. The molecule has 0 amide bonds. The Bertz CT molecular complexity index is 559. The number of H-pyrrole nitrogens is 1. The van der Waals surface area contributed by atoms with Gasteiger partial charge < -0.3 is 4.42 Å². The summed E-state index contributed by atoms with van der Waals surface area (Å²) in [5.74, 6) is 0.524. The summed E-state index contributed by atoms with van der Waals surface area (Å²) < 4.78 is 5.29. The molecule has 0 radical (unpaired) electrons. The van der Waals surface area contributed by atoms with Crippen molar-refractivity contribution >= 4 is 23.6 Å². The number of hydrogen-bond acceptors (Lipinski definition) is 5. The highest BCUT2D eigenvalue weighted by molar-refractivity contribution is 7.71. The lowest BCUT2D eigenvalue weighted by Gasteiger charge is -2.13. The summed E-state index contributed by atoms with van der Waals surface area (Å²) in [6.45, 7) is 8.36. The third-order valence-corrected chi connectivity index (χ3v) is 3.82. The zero-order chi connectivity index (χ0) is 11.9. The van der Waals surface area contributed by atoms with E-state index in [-0.39, 0.29) is 5.41 Å². The van der Waals surface area contributed by atoms with Crippen molar-refractivity contribution in [3.8, 4) is 10.8 Å². The largest absolute Gasteiger partial charge is 0.408 e. The van der Waals surface area contributed by atoms with E-state index >= 15 is 0 Å². The molecule has 0 atom stereocenters. The van der Waals surface area contributed by atoms with Gasteiger partial charge in [0.1, 0.15) is 4.88 Å². The molecule has 0 saturated heterocycles. The van der Waals surface area contributed by atoms with E-state index in [1.165, 1.54) is 0 Å². The van der Waals surface area contributed by atoms with Gasteiger partial charge in [0.15, 0.2) is 0 Å². The standard InChI is InChI=1S/C10H13N3OS2/c1-5-6(7-12-13-9(15)14-7)16-8(11-5)10(2,3)4/h1-4H3,(H,13,15). The Labute approximate surface area is 103 Å². The van der Waals surface area contributed by atoms with E-state index in [9.17, 15) is 0 Å². The molecule has 4 nitrogen and oxygen atoms in total. The molecule has 2 heterocycles. The van der Waals surface area contributed by atoms with Crippen LogP contribution in [0.25, 0.3) is 10.8 Å². The molecule has 1 N–H and O–H groups in total. The second-order valence-electron chi connectivity index (χ2n) is 4.60. The molecule has 0 unspecified atom stereocenters. The summed E-state index contributed by atoms with van der Waals surface area (Å²) in [5.41, 5.74) is 0.973. The molecule has 2 aromatic heterocycles. The lowest BCUT2D eigenvalue weighted by atomic mass is 9.98. The van der Waals surface area contributed by atoms with Gasteiger partial charge in [0, 0.05) is 5.41 Å². The monoisotopic (exact) mass is 255 g/mol. The number of nitrogens with zero attached hydrogens (tertiary/aromatic N) is 2. The Morgan fingerprint density at radius 2 is 2.06 bits per heavy atom. The average Bonchev–Trinajstić information content (AvgIpc) is 2.70. The van der Waals surface area contributed by atoms with Crippen LogP contribution in [-0.4, -0.2) is 15.2 Å². The first kappa shape index (κ1) is 11.5. The molecule has 6 heteroatoms. The number of hydrogen-bond donors (Lipinski definition) is 1. The van der Waals surface area contributed by atoms with Gasteiger partial charge in [-0.05, 0) is 19.1 Å². The maximum atomic E-state index is 5.29. The predicted octanol–water partition coefficient (Wildman–Crippen LogP) is 3.46. The van der Waals surface area contributed by atoms with Crippen LogP contribution in [0.5, 0.6) is 0 Å². The number of aryl methyl sites for hydroxylation is 1. The van der Waals surface area contributed by atoms with Crippen LogP contribution in [0.3, 0.4) is 0 Å². The van der Waals surface area contributed by atoms with Gasteiger partial charge in [0.05, 0.1) is 10.7 Å². The summed E-state index contributed by atoms with van der Waals surface area (Å²) in [5, 5.41) is 7.71. The summed E-state index contributed by atoms with van der Waals surface area (Å²) in [7, 11) is 0. The molecule has 86 valence electrons. The van der Waals surface area contributed by atoms with Gasteiger partial charge in [-0.1, -0.05) is 20.8 Å². The highest BCUT2D eigenvalue weighted by Crippen LogP contribution is 2.34. The summed E-state index contributed by atoms with van der Waals surface area (Å²) in [6, 6.07) is 0. The smallest absolute Gasteiger partial charge is 0.284 e. The van der Waals surface area contributed by atoms with Crippen molar-refractivity contribution in [3.63, 3.8) is 0 Å². The maximum absolute atomic E-state index is 5.29. The molecule has 0 aliphatic rings. The minimum Gasteiger partial charge on any atom is -0.408 e. The molecule has 0 aromatic carbocycles. The van der Waals surface area contributed by atoms with E-state index in [4.69, 9.17) is 16.6 Å². The lowest BCUT2D eigenvalue weighted by molar-refractivity contribution is 0.553. The molecule has 0 spiro atoms. The van der Waals surface area contributed by atoms with Crippen molar-refractivity contribution in [2.75, 3.05) is 0 Å². The zero-order valence-corrected chi connectivity index (χ0v) is 11.3. The van der Waals surface area contributed by atoms with Crippen molar-refractivity contribution in [2.24, 2.45) is 0 Å². The van der Waals surface area contributed by atoms with Crippen molar-refractivity contribution < 1.29 is 4.42 Å². The summed E-state index contributed by atoms with van der Waals surface area (Å²) in [4.78, 5) is 5.77. The fraction of sp³-hybridized carbons (Fsp3) is 0.500. The second-order valence-corrected chi connectivity index (χ2v) is 5.97. The molecule has 2 rings (SSSR count). The Morgan fingerprint density at radius 3 is 2.50 bits per heavy atom. The predicted molar refractivity (Wildman–Crippen MR) is 66.2 cm³/mol. The molecular formula is C10H13N3OS2. The van der Waals surface area contributed by atoms with E-state index in [1.54, 1.807) is 11.3 Å². The normalized spacial score (nSPS) is 12.0. The van der Waals surface area contributed by atoms with Crippen LogP contribution in [0.1, 0.15) is 31.5 Å². The van der Waals surface area contributed by atoms with Crippen molar-refractivity contribution in [1.82, 2.24) is 15.2 Å². The average molecular weight is 255 g/mol. The fourth-order valence-corrected chi connectivity index (χ4v) is 2.42. The Hall–Kier alpha value is -1.01. The third kappa shape index (κ3) is 2.08. The van der Waals surface area contributed by atoms with Crippen LogP contribution in [0.2, 0.25) is 0 Å². The molecule has 0 saturated carbocycles. The van der Waals surface area contributed by atoms with Crippen LogP contribution in [-0.2, 0) is 5.41 Å². The lowest BCUT2D eigenvalue weighted by Crippen LogP contribution is -2.10. The molecule has 16 heavy (non-hydrogen) atoms. The van der Waals surface area contributed by atoms with Gasteiger partial charge in [0.25, 0.3) is 10.7 Å². The first-order chi connectivity index (χ1) is 7.38. The van der Waals surface area contributed by atoms with Crippen LogP contribution >= 0.6 is 23.6 Å². The van der Waals surface area contributed by atoms with Gasteiger partial charge in [0.2, 0.25) is 0 Å². The van der Waals surface area contributed by atoms with Gasteiger partial charge in [-0.15, -0.1) is 16.4 Å². The van der Waals surface area contributed by atoms with Crippen molar-refractivity contribution in [2.45, 2.75) is 33.1 Å². The minimum absolute atomic E-state index is 0.0424. The van der Waals surface area contributed by atoms with Crippen LogP contribution in [0.15, 0.2) is 4.42 Å². The van der Waals surface area contributed by atoms with Gasteiger partial charge in [-0.25, -0.2) is 10.1 Å². The number of aromatic nitrogens is 3. The molecule has 0 aliphatic carbocycles. The highest BCUT2D eigenvalue weighted by atomic mass is 32.1. The number of aromatic amines is 1. The van der Waals surface area contributed by atoms with Crippen molar-refractivity contribution in [3.05, 3.63) is 15.5 Å². The van der Waals surface area contributed by atoms with Gasteiger partial charge in [-0.3, -0.25) is 0 Å². The molecular weight excluding hydrogens is 242 g/mol. The number of rotatable bonds is 1. The fourth-order valence-electron chi connectivity index (χ4n) is 1.24. The van der Waals surface area contributed by atoms with E-state index in [0.717, 1.165) is 15.6 Å². The van der Waals surface area contributed by atoms with Crippen LogP contribution in [0.4, 0.5) is 0 Å². The maximum Gasteiger partial charge on any atom is 0.284 e. The minimum atomic E-state index is 0.0424. The number of nitrogens with one attached hydrogen (secondary N) is 1. The summed E-state index contributed by atoms with van der Waals surface area (Å²) in [6.07, 6.45) is 0. The third-order valence-electron chi connectivity index (χ3n) is 2.07. The molecule has 0 aliphatic heterocycles.